The molecule has 0 N–H and O–H groups in total. The van der Waals surface area contributed by atoms with Crippen molar-refractivity contribution >= 4 is 60.7 Å². The summed E-state index contributed by atoms with van der Waals surface area (Å²) in [5.41, 5.74) is 0.995. The molecule has 1 heterocycles. The van der Waals surface area contributed by atoms with Crippen LogP contribution in [0, 0.1) is 0 Å². The highest BCUT2D eigenvalue weighted by atomic mass is 35.5. The van der Waals surface area contributed by atoms with E-state index >= 15 is 0 Å². The van der Waals surface area contributed by atoms with Crippen molar-refractivity contribution in [1.82, 2.24) is 8.87 Å². The van der Waals surface area contributed by atoms with Crippen LogP contribution >= 0.6 is 34.5 Å². The minimum atomic E-state index is -3.58. The third kappa shape index (κ3) is 4.13. The number of thiazole rings is 1. The van der Waals surface area contributed by atoms with E-state index in [1.165, 1.54) is 39.9 Å². The maximum Gasteiger partial charge on any atom is 0.279 e. The normalized spacial score (nSPS) is 12.8. The molecule has 0 unspecified atom stereocenters. The summed E-state index contributed by atoms with van der Waals surface area (Å²) in [6.45, 7) is 4.31. The smallest absolute Gasteiger partial charge is 0.279 e. The van der Waals surface area contributed by atoms with Gasteiger partial charge in [0.1, 0.15) is 0 Å². The average molecular weight is 472 g/mol. The minimum absolute atomic E-state index is 0.142. The summed E-state index contributed by atoms with van der Waals surface area (Å²) in [6.07, 6.45) is 0. The summed E-state index contributed by atoms with van der Waals surface area (Å²) >= 11 is 13.7. The lowest BCUT2D eigenvalue weighted by molar-refractivity contribution is 0.0998. The molecule has 1 amide bonds. The first-order chi connectivity index (χ1) is 13.7. The zero-order chi connectivity index (χ0) is 21.3. The topological polar surface area (TPSA) is 71.7 Å². The Labute approximate surface area is 183 Å². The standard InChI is InChI=1S/C19H19Cl2N3O3S2/c1-4-24(5-2)29(26,27)13-8-6-12(7-9-13)18(25)22-19-23(3)16-14(20)10-11-15(21)17(16)28-19/h6-11H,4-5H2,1-3H3. The van der Waals surface area contributed by atoms with Crippen molar-refractivity contribution in [1.29, 1.82) is 0 Å². The molecule has 0 aliphatic carbocycles. The Balaban J connectivity index is 1.98. The molecular formula is C19H19Cl2N3O3S2. The van der Waals surface area contributed by atoms with Gasteiger partial charge in [0.15, 0.2) is 4.80 Å². The second kappa shape index (κ2) is 8.57. The Kier molecular flexibility index (Phi) is 6.50. The number of carbonyl (C=O) groups is 1. The molecule has 2 aromatic carbocycles. The number of aromatic nitrogens is 1. The van der Waals surface area contributed by atoms with E-state index in [0.29, 0.717) is 33.5 Å². The summed E-state index contributed by atoms with van der Waals surface area (Å²) in [4.78, 5) is 17.4. The number of aryl methyl sites for hydroxylation is 1. The highest BCUT2D eigenvalue weighted by Crippen LogP contribution is 2.31. The first-order valence-corrected chi connectivity index (χ1v) is 11.8. The van der Waals surface area contributed by atoms with Crippen molar-refractivity contribution in [3.05, 3.63) is 56.8 Å². The van der Waals surface area contributed by atoms with Crippen molar-refractivity contribution in [2.45, 2.75) is 18.7 Å². The summed E-state index contributed by atoms with van der Waals surface area (Å²) in [6, 6.07) is 9.18. The molecule has 0 radical (unpaired) electrons. The zero-order valence-electron chi connectivity index (χ0n) is 16.0. The van der Waals surface area contributed by atoms with Crippen molar-refractivity contribution in [3.8, 4) is 0 Å². The van der Waals surface area contributed by atoms with Gasteiger partial charge in [-0.1, -0.05) is 48.4 Å². The Morgan fingerprint density at radius 2 is 1.66 bits per heavy atom. The number of sulfonamides is 1. The monoisotopic (exact) mass is 471 g/mol. The van der Waals surface area contributed by atoms with Gasteiger partial charge in [0.25, 0.3) is 5.91 Å². The first-order valence-electron chi connectivity index (χ1n) is 8.83. The fraction of sp³-hybridized carbons (Fsp3) is 0.263. The largest absolute Gasteiger partial charge is 0.318 e. The molecule has 29 heavy (non-hydrogen) atoms. The number of rotatable bonds is 5. The van der Waals surface area contributed by atoms with E-state index in [9.17, 15) is 13.2 Å². The quantitative estimate of drug-likeness (QED) is 0.556. The number of amides is 1. The van der Waals surface area contributed by atoms with Gasteiger partial charge in [-0.05, 0) is 36.4 Å². The maximum atomic E-state index is 12.6. The SMILES string of the molecule is CCN(CC)S(=O)(=O)c1ccc(C(=O)N=c2sc3c(Cl)ccc(Cl)c3n2C)cc1. The van der Waals surface area contributed by atoms with Crippen LogP contribution in [0.3, 0.4) is 0 Å². The maximum absolute atomic E-state index is 12.6. The third-order valence-electron chi connectivity index (χ3n) is 4.49. The second-order valence-electron chi connectivity index (χ2n) is 6.18. The van der Waals surface area contributed by atoms with Crippen molar-refractivity contribution < 1.29 is 13.2 Å². The molecule has 0 bridgehead atoms. The number of nitrogens with zero attached hydrogens (tertiary/aromatic N) is 3. The van der Waals surface area contributed by atoms with Crippen LogP contribution in [0.5, 0.6) is 0 Å². The summed E-state index contributed by atoms with van der Waals surface area (Å²) in [7, 11) is -1.82. The molecule has 154 valence electrons. The van der Waals surface area contributed by atoms with Gasteiger partial charge < -0.3 is 4.57 Å². The van der Waals surface area contributed by atoms with Crippen molar-refractivity contribution in [2.24, 2.45) is 12.0 Å². The van der Waals surface area contributed by atoms with Gasteiger partial charge in [0.2, 0.25) is 10.0 Å². The van der Waals surface area contributed by atoms with Crippen LogP contribution in [-0.4, -0.2) is 36.3 Å². The van der Waals surface area contributed by atoms with E-state index in [1.807, 2.05) is 0 Å². The van der Waals surface area contributed by atoms with E-state index in [2.05, 4.69) is 4.99 Å². The van der Waals surface area contributed by atoms with Crippen LogP contribution in [0.1, 0.15) is 24.2 Å². The van der Waals surface area contributed by atoms with E-state index < -0.39 is 15.9 Å². The lowest BCUT2D eigenvalue weighted by Crippen LogP contribution is -2.30. The number of hydrogen-bond donors (Lipinski definition) is 0. The molecule has 0 aliphatic heterocycles. The Bertz CT molecular complexity index is 1240. The van der Waals surface area contributed by atoms with Gasteiger partial charge >= 0.3 is 0 Å². The van der Waals surface area contributed by atoms with Crippen LogP contribution in [0.25, 0.3) is 10.2 Å². The Hall–Kier alpha value is -1.71. The Morgan fingerprint density at radius 3 is 2.21 bits per heavy atom. The number of benzene rings is 2. The van der Waals surface area contributed by atoms with Gasteiger partial charge in [0.05, 0.1) is 25.2 Å². The number of carbonyl (C=O) groups excluding carboxylic acids is 1. The van der Waals surface area contributed by atoms with E-state index in [4.69, 9.17) is 23.2 Å². The minimum Gasteiger partial charge on any atom is -0.318 e. The molecule has 6 nitrogen and oxygen atoms in total. The van der Waals surface area contributed by atoms with Crippen LogP contribution in [0.15, 0.2) is 46.3 Å². The second-order valence-corrected chi connectivity index (χ2v) is 9.91. The van der Waals surface area contributed by atoms with Gasteiger partial charge in [-0.25, -0.2) is 8.42 Å². The van der Waals surface area contributed by atoms with Gasteiger partial charge in [-0.2, -0.15) is 9.30 Å². The van der Waals surface area contributed by atoms with Crippen LogP contribution in [-0.2, 0) is 17.1 Å². The fourth-order valence-corrected chi connectivity index (χ4v) is 6.03. The molecule has 10 heteroatoms. The van der Waals surface area contributed by atoms with E-state index in [1.54, 1.807) is 37.6 Å². The van der Waals surface area contributed by atoms with Crippen molar-refractivity contribution in [2.75, 3.05) is 13.1 Å². The molecule has 1 aromatic heterocycles. The molecule has 0 aliphatic rings. The lowest BCUT2D eigenvalue weighted by atomic mass is 10.2. The Morgan fingerprint density at radius 1 is 1.07 bits per heavy atom. The highest BCUT2D eigenvalue weighted by molar-refractivity contribution is 7.89. The predicted molar refractivity (Wildman–Crippen MR) is 117 cm³/mol. The summed E-state index contributed by atoms with van der Waals surface area (Å²) < 4.78 is 28.9. The molecular weight excluding hydrogens is 453 g/mol. The van der Waals surface area contributed by atoms with E-state index in [0.717, 1.165) is 4.70 Å². The average Bonchev–Trinajstić information content (AvgIpc) is 3.03. The number of hydrogen-bond acceptors (Lipinski definition) is 4. The molecule has 3 aromatic rings. The lowest BCUT2D eigenvalue weighted by Gasteiger charge is -2.18. The highest BCUT2D eigenvalue weighted by Gasteiger charge is 2.21. The molecule has 0 atom stereocenters. The fourth-order valence-electron chi connectivity index (χ4n) is 2.92. The van der Waals surface area contributed by atoms with Gasteiger partial charge in [-0.15, -0.1) is 0 Å². The zero-order valence-corrected chi connectivity index (χ0v) is 19.2. The molecule has 3 rings (SSSR count). The van der Waals surface area contributed by atoms with E-state index in [-0.39, 0.29) is 10.5 Å². The van der Waals surface area contributed by atoms with Crippen LogP contribution in [0.4, 0.5) is 0 Å². The first kappa shape index (κ1) is 22.0. The summed E-state index contributed by atoms with van der Waals surface area (Å²) in [5, 5.41) is 1.05. The molecule has 0 saturated heterocycles. The van der Waals surface area contributed by atoms with Gasteiger partial charge in [0, 0.05) is 25.7 Å². The number of halogens is 2. The summed E-state index contributed by atoms with van der Waals surface area (Å²) in [5.74, 6) is -0.480. The van der Waals surface area contributed by atoms with Crippen LogP contribution in [0.2, 0.25) is 10.0 Å². The number of fused-ring (bicyclic) bond motifs is 1. The molecule has 0 fully saturated rings. The van der Waals surface area contributed by atoms with Crippen LogP contribution < -0.4 is 4.80 Å². The third-order valence-corrected chi connectivity index (χ3v) is 8.45. The molecule has 0 saturated carbocycles. The van der Waals surface area contributed by atoms with Crippen molar-refractivity contribution in [3.63, 3.8) is 0 Å². The molecule has 0 spiro atoms. The van der Waals surface area contributed by atoms with Gasteiger partial charge in [-0.3, -0.25) is 4.79 Å². The predicted octanol–water partition coefficient (Wildman–Crippen LogP) is 4.32.